The van der Waals surface area contributed by atoms with Gasteiger partial charge in [0, 0.05) is 32.9 Å². The van der Waals surface area contributed by atoms with Gasteiger partial charge in [-0.3, -0.25) is 4.99 Å². The third-order valence-electron chi connectivity index (χ3n) is 5.08. The van der Waals surface area contributed by atoms with Crippen LogP contribution in [0.2, 0.25) is 0 Å². The van der Waals surface area contributed by atoms with E-state index >= 15 is 0 Å². The van der Waals surface area contributed by atoms with Crippen molar-refractivity contribution in [1.29, 1.82) is 0 Å². The summed E-state index contributed by atoms with van der Waals surface area (Å²) in [5.41, 5.74) is 2.04. The Hall–Kier alpha value is -2.57. The molecule has 2 aromatic heterocycles. The average Bonchev–Trinajstić information content (AvgIpc) is 3.01. The molecule has 3 rings (SSSR count). The summed E-state index contributed by atoms with van der Waals surface area (Å²) < 4.78 is 5.58. The van der Waals surface area contributed by atoms with Crippen LogP contribution in [-0.4, -0.2) is 36.1 Å². The number of hydrogen-bond acceptors (Lipinski definition) is 5. The van der Waals surface area contributed by atoms with Crippen molar-refractivity contribution in [3.63, 3.8) is 0 Å². The second-order valence-corrected chi connectivity index (χ2v) is 7.22. The molecule has 0 unspecified atom stereocenters. The van der Waals surface area contributed by atoms with E-state index in [1.54, 1.807) is 7.05 Å². The minimum atomic E-state index is 0.499. The number of nitrogens with one attached hydrogen (secondary N) is 2. The van der Waals surface area contributed by atoms with E-state index in [2.05, 4.69) is 49.6 Å². The second kappa shape index (κ2) is 8.88. The van der Waals surface area contributed by atoms with Crippen LogP contribution in [0.3, 0.4) is 0 Å². The third kappa shape index (κ3) is 5.21. The molecule has 0 saturated carbocycles. The van der Waals surface area contributed by atoms with Crippen LogP contribution in [0, 0.1) is 19.8 Å². The summed E-state index contributed by atoms with van der Waals surface area (Å²) in [6.45, 7) is 9.54. The molecule has 1 aliphatic rings. The van der Waals surface area contributed by atoms with E-state index in [1.165, 1.54) is 12.8 Å². The van der Waals surface area contributed by atoms with Gasteiger partial charge in [0.1, 0.15) is 11.6 Å². The zero-order valence-electron chi connectivity index (χ0n) is 16.7. The van der Waals surface area contributed by atoms with Crippen molar-refractivity contribution in [2.45, 2.75) is 46.7 Å². The standard InChI is InChI=1S/C20H30N6O/c1-14-7-9-26(10-8-14)18-6-5-17(11-22-18)12-23-20(21-4)24-13-19-25-15(2)16(3)27-19/h5-6,11,14H,7-10,12-13H2,1-4H3,(H2,21,23,24). The van der Waals surface area contributed by atoms with Gasteiger partial charge in [-0.05, 0) is 44.2 Å². The highest BCUT2D eigenvalue weighted by Crippen LogP contribution is 2.21. The van der Waals surface area contributed by atoms with Gasteiger partial charge >= 0.3 is 0 Å². The Kier molecular flexibility index (Phi) is 6.32. The van der Waals surface area contributed by atoms with Gasteiger partial charge in [0.05, 0.1) is 12.2 Å². The van der Waals surface area contributed by atoms with Crippen molar-refractivity contribution in [3.8, 4) is 0 Å². The first-order valence-electron chi connectivity index (χ1n) is 9.62. The highest BCUT2D eigenvalue weighted by Gasteiger charge is 2.16. The molecule has 0 aromatic carbocycles. The highest BCUT2D eigenvalue weighted by atomic mass is 16.4. The van der Waals surface area contributed by atoms with Gasteiger partial charge in [-0.15, -0.1) is 0 Å². The number of aliphatic imine (C=N–C) groups is 1. The lowest BCUT2D eigenvalue weighted by atomic mass is 9.99. The summed E-state index contributed by atoms with van der Waals surface area (Å²) in [6.07, 6.45) is 4.43. The number of aryl methyl sites for hydroxylation is 2. The smallest absolute Gasteiger partial charge is 0.214 e. The van der Waals surface area contributed by atoms with E-state index in [9.17, 15) is 0 Å². The molecule has 0 aliphatic carbocycles. The monoisotopic (exact) mass is 370 g/mol. The normalized spacial score (nSPS) is 15.9. The molecule has 0 radical (unpaired) electrons. The van der Waals surface area contributed by atoms with Gasteiger partial charge in [-0.2, -0.15) is 0 Å². The Morgan fingerprint density at radius 1 is 1.22 bits per heavy atom. The van der Waals surface area contributed by atoms with E-state index in [1.807, 2.05) is 20.0 Å². The van der Waals surface area contributed by atoms with Gasteiger partial charge in [0.2, 0.25) is 5.89 Å². The quantitative estimate of drug-likeness (QED) is 0.622. The number of piperidine rings is 1. The molecule has 7 heteroatoms. The number of anilines is 1. The van der Waals surface area contributed by atoms with Crippen LogP contribution in [0.15, 0.2) is 27.7 Å². The van der Waals surface area contributed by atoms with Crippen LogP contribution in [0.1, 0.15) is 42.7 Å². The molecule has 1 saturated heterocycles. The van der Waals surface area contributed by atoms with E-state index in [0.717, 1.165) is 41.8 Å². The Morgan fingerprint density at radius 3 is 2.56 bits per heavy atom. The SMILES string of the molecule is CN=C(NCc1ccc(N2CCC(C)CC2)nc1)NCc1nc(C)c(C)o1. The fraction of sp³-hybridized carbons (Fsp3) is 0.550. The van der Waals surface area contributed by atoms with Crippen LogP contribution in [0.4, 0.5) is 5.82 Å². The van der Waals surface area contributed by atoms with Crippen LogP contribution in [-0.2, 0) is 13.1 Å². The Labute approximate surface area is 161 Å². The van der Waals surface area contributed by atoms with Crippen LogP contribution in [0.25, 0.3) is 0 Å². The molecule has 0 bridgehead atoms. The predicted molar refractivity (Wildman–Crippen MR) is 108 cm³/mol. The summed E-state index contributed by atoms with van der Waals surface area (Å²) in [5, 5.41) is 6.52. The van der Waals surface area contributed by atoms with Crippen molar-refractivity contribution < 1.29 is 4.42 Å². The van der Waals surface area contributed by atoms with Crippen molar-refractivity contribution in [3.05, 3.63) is 41.2 Å². The summed E-state index contributed by atoms with van der Waals surface area (Å²) in [6, 6.07) is 4.24. The van der Waals surface area contributed by atoms with Crippen LogP contribution >= 0.6 is 0 Å². The molecule has 1 aliphatic heterocycles. The first-order valence-corrected chi connectivity index (χ1v) is 9.62. The first kappa shape index (κ1) is 19.2. The molecule has 2 N–H and O–H groups in total. The summed E-state index contributed by atoms with van der Waals surface area (Å²) >= 11 is 0. The largest absolute Gasteiger partial charge is 0.444 e. The van der Waals surface area contributed by atoms with Crippen molar-refractivity contribution >= 4 is 11.8 Å². The minimum absolute atomic E-state index is 0.499. The summed E-state index contributed by atoms with van der Waals surface area (Å²) in [4.78, 5) is 15.6. The molecule has 0 amide bonds. The maximum atomic E-state index is 5.58. The molecule has 2 aromatic rings. The predicted octanol–water partition coefficient (Wildman–Crippen LogP) is 2.79. The lowest BCUT2D eigenvalue weighted by Crippen LogP contribution is -2.36. The van der Waals surface area contributed by atoms with Gasteiger partial charge in [-0.25, -0.2) is 9.97 Å². The number of pyridine rings is 1. The lowest BCUT2D eigenvalue weighted by molar-refractivity contribution is 0.436. The molecule has 1 fully saturated rings. The number of guanidine groups is 1. The fourth-order valence-corrected chi connectivity index (χ4v) is 3.13. The van der Waals surface area contributed by atoms with E-state index in [4.69, 9.17) is 4.42 Å². The van der Waals surface area contributed by atoms with E-state index < -0.39 is 0 Å². The molecule has 0 spiro atoms. The number of hydrogen-bond donors (Lipinski definition) is 2. The Bertz CT molecular complexity index is 740. The fourth-order valence-electron chi connectivity index (χ4n) is 3.13. The second-order valence-electron chi connectivity index (χ2n) is 7.22. The maximum Gasteiger partial charge on any atom is 0.214 e. The van der Waals surface area contributed by atoms with Crippen molar-refractivity contribution in [2.75, 3.05) is 25.0 Å². The number of nitrogens with zero attached hydrogens (tertiary/aromatic N) is 4. The zero-order valence-corrected chi connectivity index (χ0v) is 16.7. The van der Waals surface area contributed by atoms with Crippen LogP contribution < -0.4 is 15.5 Å². The molecule has 27 heavy (non-hydrogen) atoms. The molecular weight excluding hydrogens is 340 g/mol. The van der Waals surface area contributed by atoms with Gasteiger partial charge < -0.3 is 20.0 Å². The van der Waals surface area contributed by atoms with E-state index in [0.29, 0.717) is 24.9 Å². The third-order valence-corrected chi connectivity index (χ3v) is 5.08. The Balaban J connectivity index is 1.48. The number of rotatable bonds is 5. The molecule has 3 heterocycles. The minimum Gasteiger partial charge on any atom is -0.444 e. The summed E-state index contributed by atoms with van der Waals surface area (Å²) in [5.74, 6) is 4.12. The molecule has 0 atom stereocenters. The number of oxazole rings is 1. The zero-order chi connectivity index (χ0) is 19.2. The Morgan fingerprint density at radius 2 is 1.96 bits per heavy atom. The number of aromatic nitrogens is 2. The van der Waals surface area contributed by atoms with Crippen molar-refractivity contribution in [1.82, 2.24) is 20.6 Å². The summed E-state index contributed by atoms with van der Waals surface area (Å²) in [7, 11) is 1.75. The molecule has 7 nitrogen and oxygen atoms in total. The van der Waals surface area contributed by atoms with E-state index in [-0.39, 0.29) is 0 Å². The van der Waals surface area contributed by atoms with Crippen molar-refractivity contribution in [2.24, 2.45) is 10.9 Å². The van der Waals surface area contributed by atoms with Gasteiger partial charge in [-0.1, -0.05) is 13.0 Å². The van der Waals surface area contributed by atoms with Gasteiger partial charge in [0.25, 0.3) is 0 Å². The van der Waals surface area contributed by atoms with Gasteiger partial charge in [0.15, 0.2) is 5.96 Å². The lowest BCUT2D eigenvalue weighted by Gasteiger charge is -2.31. The van der Waals surface area contributed by atoms with Crippen LogP contribution in [0.5, 0.6) is 0 Å². The molecule has 146 valence electrons. The average molecular weight is 371 g/mol. The molecular formula is C20H30N6O. The highest BCUT2D eigenvalue weighted by molar-refractivity contribution is 5.79. The first-order chi connectivity index (χ1) is 13.0. The maximum absolute atomic E-state index is 5.58. The topological polar surface area (TPSA) is 78.6 Å².